The third kappa shape index (κ3) is 2.72. The van der Waals surface area contributed by atoms with Crippen LogP contribution in [0, 0.1) is 13.8 Å². The highest BCUT2D eigenvalue weighted by atomic mass is 16.3. The largest absolute Gasteiger partial charge is 0.507 e. The summed E-state index contributed by atoms with van der Waals surface area (Å²) in [7, 11) is 0. The highest BCUT2D eigenvalue weighted by molar-refractivity contribution is 5.42. The van der Waals surface area contributed by atoms with Gasteiger partial charge in [0.15, 0.2) is 0 Å². The number of rotatable bonds is 4. The Bertz CT molecular complexity index is 342. The molecule has 2 unspecified atom stereocenters. The summed E-state index contributed by atoms with van der Waals surface area (Å²) in [5.41, 5.74) is 7.30. The number of aliphatic hydroxyl groups excluding tert-OH is 2. The molecule has 5 N–H and O–H groups in total. The van der Waals surface area contributed by atoms with Gasteiger partial charge in [0.25, 0.3) is 0 Å². The lowest BCUT2D eigenvalue weighted by Crippen LogP contribution is -2.21. The second-order valence-corrected chi connectivity index (χ2v) is 4.09. The van der Waals surface area contributed by atoms with Gasteiger partial charge in [0.05, 0.1) is 6.10 Å². The summed E-state index contributed by atoms with van der Waals surface area (Å²) in [6, 6.07) is 3.35. The fourth-order valence-electron chi connectivity index (χ4n) is 1.71. The van der Waals surface area contributed by atoms with Crippen LogP contribution < -0.4 is 5.73 Å². The van der Waals surface area contributed by atoms with Gasteiger partial charge in [-0.1, -0.05) is 0 Å². The van der Waals surface area contributed by atoms with Crippen LogP contribution in [0.3, 0.4) is 0 Å². The molecule has 0 saturated carbocycles. The van der Waals surface area contributed by atoms with Gasteiger partial charge >= 0.3 is 0 Å². The number of nitrogens with two attached hydrogens (primary N) is 1. The molecule has 1 rings (SSSR count). The lowest BCUT2D eigenvalue weighted by atomic mass is 9.97. The molecule has 2 atom stereocenters. The first-order valence-electron chi connectivity index (χ1n) is 5.33. The van der Waals surface area contributed by atoms with E-state index in [0.717, 1.165) is 0 Å². The van der Waals surface area contributed by atoms with Gasteiger partial charge in [0, 0.05) is 0 Å². The highest BCUT2D eigenvalue weighted by Gasteiger charge is 2.18. The SMILES string of the molecule is Cc1cc(C(O)C(O)CCN)cc(C)c1O. The summed E-state index contributed by atoms with van der Waals surface area (Å²) in [5, 5.41) is 29.1. The first kappa shape index (κ1) is 13.0. The molecule has 0 radical (unpaired) electrons. The maximum absolute atomic E-state index is 9.87. The molecule has 0 aromatic heterocycles. The molecule has 1 aromatic carbocycles. The summed E-state index contributed by atoms with van der Waals surface area (Å²) in [5.74, 6) is 0.226. The monoisotopic (exact) mass is 225 g/mol. The van der Waals surface area contributed by atoms with E-state index in [1.54, 1.807) is 26.0 Å². The maximum atomic E-state index is 9.87. The minimum atomic E-state index is -0.957. The smallest absolute Gasteiger partial charge is 0.121 e. The second-order valence-electron chi connectivity index (χ2n) is 4.09. The predicted molar refractivity (Wildman–Crippen MR) is 62.2 cm³/mol. The van der Waals surface area contributed by atoms with Crippen molar-refractivity contribution in [1.29, 1.82) is 0 Å². The Balaban J connectivity index is 2.96. The van der Waals surface area contributed by atoms with E-state index < -0.39 is 12.2 Å². The van der Waals surface area contributed by atoms with E-state index in [1.165, 1.54) is 0 Å². The number of hydrogen-bond donors (Lipinski definition) is 4. The number of benzene rings is 1. The van der Waals surface area contributed by atoms with Gasteiger partial charge in [-0.25, -0.2) is 0 Å². The molecule has 0 aliphatic rings. The number of phenols is 1. The molecule has 0 heterocycles. The zero-order valence-electron chi connectivity index (χ0n) is 9.64. The van der Waals surface area contributed by atoms with Gasteiger partial charge < -0.3 is 21.1 Å². The zero-order chi connectivity index (χ0) is 12.3. The van der Waals surface area contributed by atoms with Crippen molar-refractivity contribution < 1.29 is 15.3 Å². The predicted octanol–water partition coefficient (Wildman–Crippen LogP) is 0.752. The van der Waals surface area contributed by atoms with E-state index in [2.05, 4.69) is 0 Å². The molecule has 4 heteroatoms. The van der Waals surface area contributed by atoms with E-state index in [0.29, 0.717) is 29.7 Å². The fourth-order valence-corrected chi connectivity index (χ4v) is 1.71. The van der Waals surface area contributed by atoms with Gasteiger partial charge in [0.2, 0.25) is 0 Å². The molecular formula is C12H19NO3. The molecule has 0 aliphatic carbocycles. The van der Waals surface area contributed by atoms with Gasteiger partial charge in [-0.3, -0.25) is 0 Å². The number of aliphatic hydroxyl groups is 2. The van der Waals surface area contributed by atoms with E-state index in [4.69, 9.17) is 5.73 Å². The molecule has 0 aliphatic heterocycles. The number of aromatic hydroxyl groups is 1. The summed E-state index contributed by atoms with van der Waals surface area (Å²) >= 11 is 0. The summed E-state index contributed by atoms with van der Waals surface area (Å²) in [4.78, 5) is 0. The summed E-state index contributed by atoms with van der Waals surface area (Å²) in [6.45, 7) is 3.84. The van der Waals surface area contributed by atoms with Crippen molar-refractivity contribution in [2.45, 2.75) is 32.5 Å². The van der Waals surface area contributed by atoms with Crippen LogP contribution in [0.5, 0.6) is 5.75 Å². The zero-order valence-corrected chi connectivity index (χ0v) is 9.64. The number of aryl methyl sites for hydroxylation is 2. The van der Waals surface area contributed by atoms with Crippen molar-refractivity contribution in [2.24, 2.45) is 5.73 Å². The van der Waals surface area contributed by atoms with E-state index >= 15 is 0 Å². The van der Waals surface area contributed by atoms with Crippen molar-refractivity contribution in [3.8, 4) is 5.75 Å². The quantitative estimate of drug-likeness (QED) is 0.609. The average Bonchev–Trinajstić information content (AvgIpc) is 2.24. The van der Waals surface area contributed by atoms with Crippen molar-refractivity contribution >= 4 is 0 Å². The van der Waals surface area contributed by atoms with Gasteiger partial charge in [-0.2, -0.15) is 0 Å². The maximum Gasteiger partial charge on any atom is 0.121 e. The Morgan fingerprint density at radius 2 is 1.69 bits per heavy atom. The molecule has 0 bridgehead atoms. The lowest BCUT2D eigenvalue weighted by molar-refractivity contribution is 0.0149. The number of hydrogen-bond acceptors (Lipinski definition) is 4. The third-order valence-electron chi connectivity index (χ3n) is 2.68. The molecule has 1 aromatic rings. The van der Waals surface area contributed by atoms with Crippen LogP contribution in [0.4, 0.5) is 0 Å². The van der Waals surface area contributed by atoms with E-state index in [-0.39, 0.29) is 5.75 Å². The van der Waals surface area contributed by atoms with Crippen molar-refractivity contribution in [3.63, 3.8) is 0 Å². The van der Waals surface area contributed by atoms with Crippen LogP contribution in [0.2, 0.25) is 0 Å². The highest BCUT2D eigenvalue weighted by Crippen LogP contribution is 2.27. The van der Waals surface area contributed by atoms with Crippen molar-refractivity contribution in [2.75, 3.05) is 6.54 Å². The Morgan fingerprint density at radius 1 is 1.19 bits per heavy atom. The van der Waals surface area contributed by atoms with Gasteiger partial charge in [-0.15, -0.1) is 0 Å². The molecule has 4 nitrogen and oxygen atoms in total. The molecule has 0 fully saturated rings. The molecule has 90 valence electrons. The second kappa shape index (κ2) is 5.30. The summed E-state index contributed by atoms with van der Waals surface area (Å²) in [6.07, 6.45) is -1.48. The fraction of sp³-hybridized carbons (Fsp3) is 0.500. The van der Waals surface area contributed by atoms with Crippen LogP contribution in [-0.4, -0.2) is 28.0 Å². The first-order chi connectivity index (χ1) is 7.47. The van der Waals surface area contributed by atoms with Crippen LogP contribution >= 0.6 is 0 Å². The van der Waals surface area contributed by atoms with Crippen LogP contribution in [0.1, 0.15) is 29.2 Å². The standard InChI is InChI=1S/C12H19NO3/c1-7-5-9(6-8(2)11(7)15)12(16)10(14)3-4-13/h5-6,10,12,14-16H,3-4,13H2,1-2H3. The Morgan fingerprint density at radius 3 is 2.12 bits per heavy atom. The average molecular weight is 225 g/mol. The van der Waals surface area contributed by atoms with Crippen LogP contribution in [0.15, 0.2) is 12.1 Å². The Labute approximate surface area is 95.3 Å². The number of phenolic OH excluding ortho intramolecular Hbond substituents is 1. The molecule has 0 saturated heterocycles. The first-order valence-corrected chi connectivity index (χ1v) is 5.33. The topological polar surface area (TPSA) is 86.7 Å². The minimum absolute atomic E-state index is 0.226. The van der Waals surface area contributed by atoms with E-state index in [9.17, 15) is 15.3 Å². The van der Waals surface area contributed by atoms with Crippen LogP contribution in [0.25, 0.3) is 0 Å². The van der Waals surface area contributed by atoms with Crippen molar-refractivity contribution in [3.05, 3.63) is 28.8 Å². The third-order valence-corrected chi connectivity index (χ3v) is 2.68. The Hall–Kier alpha value is -1.10. The van der Waals surface area contributed by atoms with Gasteiger partial charge in [-0.05, 0) is 55.6 Å². The molecular weight excluding hydrogens is 206 g/mol. The Kier molecular flexibility index (Phi) is 4.29. The lowest BCUT2D eigenvalue weighted by Gasteiger charge is -2.19. The molecule has 16 heavy (non-hydrogen) atoms. The van der Waals surface area contributed by atoms with Gasteiger partial charge in [0.1, 0.15) is 11.9 Å². The van der Waals surface area contributed by atoms with Crippen LogP contribution in [-0.2, 0) is 0 Å². The van der Waals surface area contributed by atoms with E-state index in [1.807, 2.05) is 0 Å². The summed E-state index contributed by atoms with van der Waals surface area (Å²) < 4.78 is 0. The molecule has 0 amide bonds. The molecule has 0 spiro atoms. The normalized spacial score (nSPS) is 14.8. The van der Waals surface area contributed by atoms with Crippen molar-refractivity contribution in [1.82, 2.24) is 0 Å². The minimum Gasteiger partial charge on any atom is -0.507 e.